The molecule has 120 valence electrons. The average Bonchev–Trinajstić information content (AvgIpc) is 2.58. The van der Waals surface area contributed by atoms with E-state index in [1.54, 1.807) is 35.4 Å². The highest BCUT2D eigenvalue weighted by molar-refractivity contribution is 6.35. The van der Waals surface area contributed by atoms with Gasteiger partial charge in [0.1, 0.15) is 5.82 Å². The molecule has 8 heteroatoms. The number of benzene rings is 1. The van der Waals surface area contributed by atoms with Crippen molar-refractivity contribution >= 4 is 47.1 Å². The first-order valence-electron chi connectivity index (χ1n) is 7.15. The van der Waals surface area contributed by atoms with Gasteiger partial charge >= 0.3 is 0 Å². The van der Waals surface area contributed by atoms with E-state index in [2.05, 4.69) is 15.3 Å². The van der Waals surface area contributed by atoms with Crippen LogP contribution in [0.1, 0.15) is 0 Å². The quantitative estimate of drug-likeness (QED) is 0.858. The molecule has 1 aliphatic rings. The predicted octanol–water partition coefficient (Wildman–Crippen LogP) is 2.81. The molecule has 1 amide bonds. The van der Waals surface area contributed by atoms with Gasteiger partial charge in [-0.2, -0.15) is 4.98 Å². The Morgan fingerprint density at radius 3 is 2.65 bits per heavy atom. The Bertz CT molecular complexity index is 704. The molecule has 1 fully saturated rings. The van der Waals surface area contributed by atoms with Crippen molar-refractivity contribution in [3.8, 4) is 0 Å². The Balaban J connectivity index is 1.75. The Morgan fingerprint density at radius 1 is 1.13 bits per heavy atom. The van der Waals surface area contributed by atoms with Crippen LogP contribution >= 0.6 is 23.2 Å². The van der Waals surface area contributed by atoms with E-state index in [0.717, 1.165) is 6.41 Å². The van der Waals surface area contributed by atoms with Crippen LogP contribution in [0.3, 0.4) is 0 Å². The van der Waals surface area contributed by atoms with Crippen LogP contribution in [0.5, 0.6) is 0 Å². The third-order valence-electron chi connectivity index (χ3n) is 3.58. The zero-order chi connectivity index (χ0) is 16.2. The van der Waals surface area contributed by atoms with Crippen molar-refractivity contribution in [2.24, 2.45) is 0 Å². The lowest BCUT2D eigenvalue weighted by Crippen LogP contribution is -2.46. The van der Waals surface area contributed by atoms with Gasteiger partial charge in [0.2, 0.25) is 12.4 Å². The van der Waals surface area contributed by atoms with Gasteiger partial charge in [-0.3, -0.25) is 4.79 Å². The molecule has 0 unspecified atom stereocenters. The summed E-state index contributed by atoms with van der Waals surface area (Å²) in [5, 5.41) is 4.31. The number of anilines is 3. The maximum Gasteiger partial charge on any atom is 0.227 e. The summed E-state index contributed by atoms with van der Waals surface area (Å²) < 4.78 is 0. The molecule has 0 aliphatic carbocycles. The first kappa shape index (κ1) is 15.8. The number of aromatic nitrogens is 2. The van der Waals surface area contributed by atoms with Gasteiger partial charge in [-0.15, -0.1) is 0 Å². The van der Waals surface area contributed by atoms with Crippen molar-refractivity contribution < 1.29 is 4.79 Å². The fraction of sp³-hybridized carbons (Fsp3) is 0.267. The molecule has 0 atom stereocenters. The summed E-state index contributed by atoms with van der Waals surface area (Å²) >= 11 is 12.1. The van der Waals surface area contributed by atoms with E-state index in [1.807, 2.05) is 4.90 Å². The van der Waals surface area contributed by atoms with E-state index >= 15 is 0 Å². The van der Waals surface area contributed by atoms with Gasteiger partial charge in [-0.05, 0) is 24.3 Å². The minimum absolute atomic E-state index is 0.564. The summed E-state index contributed by atoms with van der Waals surface area (Å²) in [5.74, 6) is 1.26. The molecule has 0 radical (unpaired) electrons. The van der Waals surface area contributed by atoms with Gasteiger partial charge in [-0.25, -0.2) is 4.98 Å². The van der Waals surface area contributed by atoms with Crippen LogP contribution in [0.2, 0.25) is 10.0 Å². The Morgan fingerprint density at radius 2 is 1.91 bits per heavy atom. The second-order valence-corrected chi connectivity index (χ2v) is 5.96. The van der Waals surface area contributed by atoms with Crippen molar-refractivity contribution in [2.75, 3.05) is 36.4 Å². The number of hydrogen-bond acceptors (Lipinski definition) is 5. The number of nitrogens with one attached hydrogen (secondary N) is 1. The van der Waals surface area contributed by atoms with Crippen LogP contribution in [0.15, 0.2) is 30.5 Å². The number of nitrogens with zero attached hydrogens (tertiary/aromatic N) is 4. The van der Waals surface area contributed by atoms with Crippen molar-refractivity contribution in [1.82, 2.24) is 14.9 Å². The number of carbonyl (C=O) groups excluding carboxylic acids is 1. The molecule has 0 spiro atoms. The second-order valence-electron chi connectivity index (χ2n) is 5.12. The van der Waals surface area contributed by atoms with Crippen molar-refractivity contribution in [1.29, 1.82) is 0 Å². The lowest BCUT2D eigenvalue weighted by Gasteiger charge is -2.32. The van der Waals surface area contributed by atoms with Crippen LogP contribution in [0.25, 0.3) is 0 Å². The van der Waals surface area contributed by atoms with Gasteiger partial charge in [-0.1, -0.05) is 23.2 Å². The highest BCUT2D eigenvalue weighted by Gasteiger charge is 2.18. The summed E-state index contributed by atoms with van der Waals surface area (Å²) in [5.41, 5.74) is 0.689. The normalized spacial score (nSPS) is 14.7. The fourth-order valence-electron chi connectivity index (χ4n) is 2.33. The minimum atomic E-state index is 0.564. The summed E-state index contributed by atoms with van der Waals surface area (Å²) in [6, 6.07) is 6.97. The molecule has 1 N–H and O–H groups in total. The minimum Gasteiger partial charge on any atom is -0.342 e. The number of amides is 1. The monoisotopic (exact) mass is 351 g/mol. The summed E-state index contributed by atoms with van der Waals surface area (Å²) in [6.07, 6.45) is 2.56. The molecule has 2 heterocycles. The predicted molar refractivity (Wildman–Crippen MR) is 91.6 cm³/mol. The lowest BCUT2D eigenvalue weighted by molar-refractivity contribution is -0.118. The van der Waals surface area contributed by atoms with E-state index < -0.39 is 0 Å². The van der Waals surface area contributed by atoms with E-state index in [0.29, 0.717) is 53.7 Å². The molecule has 1 saturated heterocycles. The summed E-state index contributed by atoms with van der Waals surface area (Å²) in [4.78, 5) is 23.4. The van der Waals surface area contributed by atoms with E-state index in [9.17, 15) is 4.79 Å². The molecule has 2 aromatic rings. The maximum atomic E-state index is 10.8. The third kappa shape index (κ3) is 3.83. The molecule has 0 bridgehead atoms. The Kier molecular flexibility index (Phi) is 4.83. The number of rotatable bonds is 4. The summed E-state index contributed by atoms with van der Waals surface area (Å²) in [7, 11) is 0. The topological polar surface area (TPSA) is 61.4 Å². The SMILES string of the molecule is O=CN1CCN(c2nccc(Nc3cc(Cl)ccc3Cl)n2)CC1. The largest absolute Gasteiger partial charge is 0.342 e. The Labute approximate surface area is 144 Å². The molecule has 6 nitrogen and oxygen atoms in total. The molecule has 0 saturated carbocycles. The van der Waals surface area contributed by atoms with Crippen LogP contribution in [-0.2, 0) is 4.79 Å². The number of hydrogen-bond donors (Lipinski definition) is 1. The van der Waals surface area contributed by atoms with Gasteiger partial charge < -0.3 is 15.1 Å². The van der Waals surface area contributed by atoms with Crippen molar-refractivity contribution in [2.45, 2.75) is 0 Å². The van der Waals surface area contributed by atoms with Crippen LogP contribution in [0, 0.1) is 0 Å². The van der Waals surface area contributed by atoms with Crippen LogP contribution < -0.4 is 10.2 Å². The zero-order valence-electron chi connectivity index (χ0n) is 12.2. The lowest BCUT2D eigenvalue weighted by atomic mass is 10.3. The second kappa shape index (κ2) is 7.02. The molecule has 1 aliphatic heterocycles. The van der Waals surface area contributed by atoms with Gasteiger partial charge in [0.15, 0.2) is 0 Å². The van der Waals surface area contributed by atoms with Crippen LogP contribution in [0.4, 0.5) is 17.5 Å². The molecule has 3 rings (SSSR count). The fourth-order valence-corrected chi connectivity index (χ4v) is 2.67. The first-order chi connectivity index (χ1) is 11.2. The smallest absolute Gasteiger partial charge is 0.227 e. The van der Waals surface area contributed by atoms with Gasteiger partial charge in [0.25, 0.3) is 0 Å². The van der Waals surface area contributed by atoms with E-state index in [-0.39, 0.29) is 0 Å². The summed E-state index contributed by atoms with van der Waals surface area (Å²) in [6.45, 7) is 2.76. The zero-order valence-corrected chi connectivity index (χ0v) is 13.8. The number of carbonyl (C=O) groups is 1. The molecule has 23 heavy (non-hydrogen) atoms. The van der Waals surface area contributed by atoms with Crippen molar-refractivity contribution in [3.63, 3.8) is 0 Å². The maximum absolute atomic E-state index is 10.8. The number of halogens is 2. The van der Waals surface area contributed by atoms with E-state index in [4.69, 9.17) is 23.2 Å². The highest BCUT2D eigenvalue weighted by atomic mass is 35.5. The Hall–Kier alpha value is -2.05. The molecular weight excluding hydrogens is 337 g/mol. The van der Waals surface area contributed by atoms with Gasteiger partial charge in [0.05, 0.1) is 10.7 Å². The van der Waals surface area contributed by atoms with Crippen molar-refractivity contribution in [3.05, 3.63) is 40.5 Å². The standard InChI is InChI=1S/C15H15Cl2N5O/c16-11-1-2-12(17)13(9-11)19-14-3-4-18-15(20-14)22-7-5-21(10-23)6-8-22/h1-4,9-10H,5-8H2,(H,18,19,20). The average molecular weight is 352 g/mol. The first-order valence-corrected chi connectivity index (χ1v) is 7.91. The highest BCUT2D eigenvalue weighted by Crippen LogP contribution is 2.28. The third-order valence-corrected chi connectivity index (χ3v) is 4.14. The molecular formula is C15H15Cl2N5O. The van der Waals surface area contributed by atoms with E-state index in [1.165, 1.54) is 0 Å². The van der Waals surface area contributed by atoms with Crippen LogP contribution in [-0.4, -0.2) is 47.5 Å². The molecule has 1 aromatic carbocycles. The molecule has 1 aromatic heterocycles. The van der Waals surface area contributed by atoms with Gasteiger partial charge in [0, 0.05) is 37.4 Å². The number of piperazine rings is 1.